The van der Waals surface area contributed by atoms with Gasteiger partial charge in [0.2, 0.25) is 5.88 Å². The third kappa shape index (κ3) is 3.02. The molecule has 0 saturated carbocycles. The molecular weight excluding hydrogens is 384 g/mol. The van der Waals surface area contributed by atoms with Crippen molar-refractivity contribution < 1.29 is 14.6 Å². The number of benzene rings is 2. The van der Waals surface area contributed by atoms with E-state index < -0.39 is 11.6 Å². The number of carbonyl (C=O) groups is 1. The molecule has 0 aliphatic rings. The number of carbonyl (C=O) groups excluding carboxylic acids is 1. The second-order valence-corrected chi connectivity index (χ2v) is 6.78. The van der Waals surface area contributed by atoms with Crippen LogP contribution in [0.2, 0.25) is 0 Å². The van der Waals surface area contributed by atoms with Crippen molar-refractivity contribution in [1.82, 2.24) is 14.1 Å². The van der Waals surface area contributed by atoms with Crippen molar-refractivity contribution in [3.63, 3.8) is 0 Å². The first-order valence-corrected chi connectivity index (χ1v) is 9.65. The molecule has 2 heterocycles. The number of aryl methyl sites for hydroxylation is 1. The van der Waals surface area contributed by atoms with Crippen molar-refractivity contribution in [3.8, 4) is 28.6 Å². The van der Waals surface area contributed by atoms with Gasteiger partial charge >= 0.3 is 5.69 Å². The molecule has 0 spiro atoms. The van der Waals surface area contributed by atoms with Crippen molar-refractivity contribution in [2.24, 2.45) is 5.73 Å². The molecular formula is C22H22N4O4. The lowest BCUT2D eigenvalue weighted by atomic mass is 10.0. The molecule has 0 bridgehead atoms. The van der Waals surface area contributed by atoms with Gasteiger partial charge in [-0.3, -0.25) is 4.79 Å². The van der Waals surface area contributed by atoms with Crippen LogP contribution in [0, 0.1) is 0 Å². The molecule has 0 radical (unpaired) electrons. The van der Waals surface area contributed by atoms with Crippen LogP contribution in [0.1, 0.15) is 24.2 Å². The predicted molar refractivity (Wildman–Crippen MR) is 114 cm³/mol. The van der Waals surface area contributed by atoms with E-state index in [9.17, 15) is 14.7 Å². The van der Waals surface area contributed by atoms with Crippen LogP contribution in [-0.4, -0.2) is 31.7 Å². The lowest BCUT2D eigenvalue weighted by Crippen LogP contribution is -2.14. The molecule has 0 fully saturated rings. The first-order chi connectivity index (χ1) is 14.5. The summed E-state index contributed by atoms with van der Waals surface area (Å²) in [6.45, 7) is 5.07. The molecule has 2 aromatic carbocycles. The molecule has 30 heavy (non-hydrogen) atoms. The highest BCUT2D eigenvalue weighted by atomic mass is 16.5. The van der Waals surface area contributed by atoms with E-state index in [-0.39, 0.29) is 5.88 Å². The summed E-state index contributed by atoms with van der Waals surface area (Å²) < 4.78 is 8.80. The molecule has 8 heteroatoms. The van der Waals surface area contributed by atoms with Crippen molar-refractivity contribution in [1.29, 1.82) is 0 Å². The predicted octanol–water partition coefficient (Wildman–Crippen LogP) is 3.01. The Morgan fingerprint density at radius 3 is 2.47 bits per heavy atom. The van der Waals surface area contributed by atoms with E-state index in [4.69, 9.17) is 10.5 Å². The van der Waals surface area contributed by atoms with Gasteiger partial charge in [0.25, 0.3) is 5.91 Å². The number of fused-ring (bicyclic) bond motifs is 1. The number of amides is 1. The van der Waals surface area contributed by atoms with E-state index in [1.165, 1.54) is 6.20 Å². The minimum atomic E-state index is -0.519. The summed E-state index contributed by atoms with van der Waals surface area (Å²) in [7, 11) is 0. The summed E-state index contributed by atoms with van der Waals surface area (Å²) in [5, 5.41) is 10.6. The highest BCUT2D eigenvalue weighted by molar-refractivity contribution is 6.12. The summed E-state index contributed by atoms with van der Waals surface area (Å²) in [4.78, 5) is 26.7. The smallest absolute Gasteiger partial charge is 0.333 e. The fourth-order valence-corrected chi connectivity index (χ4v) is 3.84. The van der Waals surface area contributed by atoms with Gasteiger partial charge in [0.15, 0.2) is 0 Å². The number of ether oxygens (including phenoxy) is 1. The highest BCUT2D eigenvalue weighted by Crippen LogP contribution is 2.36. The molecule has 0 aliphatic heterocycles. The Labute approximate surface area is 172 Å². The molecule has 0 saturated heterocycles. The van der Waals surface area contributed by atoms with E-state index in [2.05, 4.69) is 4.98 Å². The van der Waals surface area contributed by atoms with Crippen molar-refractivity contribution in [2.75, 3.05) is 6.61 Å². The normalized spacial score (nSPS) is 11.1. The number of hydrogen-bond donors (Lipinski definition) is 3. The van der Waals surface area contributed by atoms with Gasteiger partial charge in [-0.05, 0) is 43.7 Å². The number of rotatable bonds is 6. The minimum absolute atomic E-state index is 0.184. The SMILES string of the molecule is CCOc1ccc2c(C(N)=O)c(-c3ccc(-n4c(O)c[nH]c4=O)cc3)n(CC)c2c1. The molecule has 2 aromatic heterocycles. The number of imidazole rings is 1. The monoisotopic (exact) mass is 406 g/mol. The van der Waals surface area contributed by atoms with Crippen molar-refractivity contribution >= 4 is 16.8 Å². The highest BCUT2D eigenvalue weighted by Gasteiger charge is 2.22. The summed E-state index contributed by atoms with van der Waals surface area (Å²) in [6.07, 6.45) is 1.23. The third-order valence-corrected chi connectivity index (χ3v) is 5.07. The minimum Gasteiger partial charge on any atom is -0.494 e. The maximum Gasteiger partial charge on any atom is 0.333 e. The Bertz CT molecular complexity index is 1300. The number of aromatic amines is 1. The van der Waals surface area contributed by atoms with E-state index in [0.717, 1.165) is 26.8 Å². The third-order valence-electron chi connectivity index (χ3n) is 5.07. The van der Waals surface area contributed by atoms with Gasteiger partial charge in [0.05, 0.1) is 35.3 Å². The molecule has 4 aromatic rings. The second-order valence-electron chi connectivity index (χ2n) is 6.78. The quantitative estimate of drug-likeness (QED) is 0.456. The Hall–Kier alpha value is -3.94. The van der Waals surface area contributed by atoms with Crippen molar-refractivity contribution in [2.45, 2.75) is 20.4 Å². The zero-order valence-corrected chi connectivity index (χ0v) is 16.7. The zero-order chi connectivity index (χ0) is 21.4. The average Bonchev–Trinajstić information content (AvgIpc) is 3.24. The standard InChI is InChI=1S/C22H22N4O4/c1-3-25-17-11-15(30-4-2)9-10-16(17)19(21(23)28)20(25)13-5-7-14(8-6-13)26-18(27)12-24-22(26)29/h5-12,27H,3-4H2,1-2H3,(H2,23,28)(H,24,29). The number of hydrogen-bond acceptors (Lipinski definition) is 4. The number of primary amides is 1. The first-order valence-electron chi connectivity index (χ1n) is 9.65. The van der Waals surface area contributed by atoms with E-state index in [0.29, 0.717) is 30.1 Å². The van der Waals surface area contributed by atoms with Crippen LogP contribution in [0.15, 0.2) is 53.5 Å². The number of aromatic hydroxyl groups is 1. The Kier molecular flexibility index (Phi) is 4.83. The van der Waals surface area contributed by atoms with Crippen LogP contribution < -0.4 is 16.2 Å². The van der Waals surface area contributed by atoms with Gasteiger partial charge in [0.1, 0.15) is 5.75 Å². The van der Waals surface area contributed by atoms with Crippen LogP contribution in [-0.2, 0) is 6.54 Å². The average molecular weight is 406 g/mol. The fourth-order valence-electron chi connectivity index (χ4n) is 3.84. The second kappa shape index (κ2) is 7.47. The summed E-state index contributed by atoms with van der Waals surface area (Å²) in [6, 6.07) is 12.6. The van der Waals surface area contributed by atoms with E-state index >= 15 is 0 Å². The van der Waals surface area contributed by atoms with Crippen LogP contribution in [0.5, 0.6) is 11.6 Å². The summed E-state index contributed by atoms with van der Waals surface area (Å²) >= 11 is 0. The Morgan fingerprint density at radius 2 is 1.90 bits per heavy atom. The van der Waals surface area contributed by atoms with Gasteiger partial charge in [-0.2, -0.15) is 0 Å². The Morgan fingerprint density at radius 1 is 1.17 bits per heavy atom. The number of nitrogens with two attached hydrogens (primary N) is 1. The van der Waals surface area contributed by atoms with Crippen LogP contribution in [0.3, 0.4) is 0 Å². The van der Waals surface area contributed by atoms with E-state index in [1.807, 2.05) is 36.6 Å². The molecule has 4 rings (SSSR count). The number of aromatic nitrogens is 3. The van der Waals surface area contributed by atoms with E-state index in [1.54, 1.807) is 24.3 Å². The number of nitrogens with zero attached hydrogens (tertiary/aromatic N) is 2. The largest absolute Gasteiger partial charge is 0.494 e. The van der Waals surface area contributed by atoms with Crippen LogP contribution >= 0.6 is 0 Å². The lowest BCUT2D eigenvalue weighted by Gasteiger charge is -2.11. The molecule has 8 nitrogen and oxygen atoms in total. The summed E-state index contributed by atoms with van der Waals surface area (Å²) in [5.41, 5.74) is 8.59. The maximum absolute atomic E-state index is 12.4. The molecule has 154 valence electrons. The molecule has 1 amide bonds. The number of H-pyrrole nitrogens is 1. The first kappa shape index (κ1) is 19.4. The fraction of sp³-hybridized carbons (Fsp3) is 0.182. The van der Waals surface area contributed by atoms with Gasteiger partial charge in [-0.15, -0.1) is 0 Å². The lowest BCUT2D eigenvalue weighted by molar-refractivity contribution is 0.100. The van der Waals surface area contributed by atoms with Gasteiger partial charge in [-0.25, -0.2) is 9.36 Å². The topological polar surface area (TPSA) is 115 Å². The Balaban J connectivity index is 1.92. The number of nitrogens with one attached hydrogen (secondary N) is 1. The van der Waals surface area contributed by atoms with Crippen LogP contribution in [0.4, 0.5) is 0 Å². The van der Waals surface area contributed by atoms with Gasteiger partial charge in [-0.1, -0.05) is 12.1 Å². The van der Waals surface area contributed by atoms with Gasteiger partial charge < -0.3 is 25.1 Å². The molecule has 0 aliphatic carbocycles. The molecule has 0 atom stereocenters. The molecule has 4 N–H and O–H groups in total. The van der Waals surface area contributed by atoms with Crippen molar-refractivity contribution in [3.05, 3.63) is 64.7 Å². The summed E-state index contributed by atoms with van der Waals surface area (Å²) in [5.74, 6) is 0.0176. The molecule has 0 unspecified atom stereocenters. The van der Waals surface area contributed by atoms with Crippen LogP contribution in [0.25, 0.3) is 27.8 Å². The zero-order valence-electron chi connectivity index (χ0n) is 16.7. The van der Waals surface area contributed by atoms with Gasteiger partial charge in [0, 0.05) is 18.0 Å². The maximum atomic E-state index is 12.4.